The second-order valence-corrected chi connectivity index (χ2v) is 6.85. The first-order valence-corrected chi connectivity index (χ1v) is 9.28. The Balaban J connectivity index is 1.46. The molecule has 0 atom stereocenters. The van der Waals surface area contributed by atoms with E-state index in [0.717, 1.165) is 48.0 Å². The molecule has 138 valence electrons. The molecule has 0 radical (unpaired) electrons. The van der Waals surface area contributed by atoms with Gasteiger partial charge in [0.2, 0.25) is 5.95 Å². The number of hydrogen-bond donors (Lipinski definition) is 1. The Morgan fingerprint density at radius 3 is 2.81 bits per heavy atom. The fourth-order valence-electron chi connectivity index (χ4n) is 3.21. The highest BCUT2D eigenvalue weighted by atomic mass is 16.5. The van der Waals surface area contributed by atoms with Crippen molar-refractivity contribution in [1.29, 1.82) is 0 Å². The maximum Gasteiger partial charge on any atom is 0.249 e. The third-order valence-corrected chi connectivity index (χ3v) is 4.80. The van der Waals surface area contributed by atoms with E-state index in [1.54, 1.807) is 12.4 Å². The quantitative estimate of drug-likeness (QED) is 0.697. The maximum atomic E-state index is 9.59. The van der Waals surface area contributed by atoms with E-state index in [2.05, 4.69) is 19.9 Å². The van der Waals surface area contributed by atoms with Crippen LogP contribution in [0.1, 0.15) is 31.4 Å². The Hall–Kier alpha value is -2.86. The summed E-state index contributed by atoms with van der Waals surface area (Å²) in [6.45, 7) is 0.413. The van der Waals surface area contributed by atoms with Crippen LogP contribution >= 0.6 is 0 Å². The minimum atomic E-state index is -0.156. The predicted molar refractivity (Wildman–Crippen MR) is 104 cm³/mol. The Morgan fingerprint density at radius 2 is 2.00 bits per heavy atom. The average molecular weight is 362 g/mol. The van der Waals surface area contributed by atoms with Crippen LogP contribution in [0.2, 0.25) is 0 Å². The Bertz CT molecular complexity index is 922. The van der Waals surface area contributed by atoms with Crippen molar-refractivity contribution in [2.24, 2.45) is 10.9 Å². The zero-order valence-corrected chi connectivity index (χ0v) is 15.0. The minimum Gasteiger partial charge on any atom is -0.487 e. The van der Waals surface area contributed by atoms with E-state index >= 15 is 0 Å². The van der Waals surface area contributed by atoms with Crippen molar-refractivity contribution >= 4 is 23.1 Å². The van der Waals surface area contributed by atoms with Gasteiger partial charge in [-0.15, -0.1) is 0 Å². The molecule has 0 saturated heterocycles. The molecule has 0 bridgehead atoms. The smallest absolute Gasteiger partial charge is 0.249 e. The van der Waals surface area contributed by atoms with Crippen LogP contribution < -0.4 is 4.74 Å². The molecule has 1 aliphatic carbocycles. The molecule has 1 aliphatic rings. The molecule has 4 rings (SSSR count). The molecular formula is C21H22N4O2. The number of benzene rings is 1. The average Bonchev–Trinajstić information content (AvgIpc) is 2.72. The highest BCUT2D eigenvalue weighted by Gasteiger charge is 2.17. The second kappa shape index (κ2) is 8.22. The van der Waals surface area contributed by atoms with Gasteiger partial charge in [0, 0.05) is 30.1 Å². The summed E-state index contributed by atoms with van der Waals surface area (Å²) in [5, 5.41) is 10.5. The molecule has 6 nitrogen and oxygen atoms in total. The van der Waals surface area contributed by atoms with E-state index in [9.17, 15) is 5.11 Å². The second-order valence-electron chi connectivity index (χ2n) is 6.85. The number of aliphatic hydroxyl groups is 1. The van der Waals surface area contributed by atoms with Crippen molar-refractivity contribution in [3.05, 3.63) is 54.5 Å². The molecule has 6 heteroatoms. The predicted octanol–water partition coefficient (Wildman–Crippen LogP) is 3.86. The van der Waals surface area contributed by atoms with Crippen LogP contribution in [0.3, 0.4) is 0 Å². The lowest BCUT2D eigenvalue weighted by Gasteiger charge is -2.21. The van der Waals surface area contributed by atoms with Crippen molar-refractivity contribution in [3.8, 4) is 5.75 Å². The summed E-state index contributed by atoms with van der Waals surface area (Å²) in [7, 11) is 0. The van der Waals surface area contributed by atoms with Gasteiger partial charge in [-0.1, -0.05) is 6.07 Å². The van der Waals surface area contributed by atoms with Gasteiger partial charge in [-0.05, 0) is 55.9 Å². The number of aromatic nitrogens is 3. The van der Waals surface area contributed by atoms with Gasteiger partial charge in [0.15, 0.2) is 0 Å². The van der Waals surface area contributed by atoms with Crippen LogP contribution in [0, 0.1) is 5.92 Å². The third kappa shape index (κ3) is 4.65. The summed E-state index contributed by atoms with van der Waals surface area (Å²) < 4.78 is 5.82. The van der Waals surface area contributed by atoms with Gasteiger partial charge in [0.25, 0.3) is 0 Å². The fourth-order valence-corrected chi connectivity index (χ4v) is 3.21. The molecule has 0 unspecified atom stereocenters. The number of hydrogen-bond acceptors (Lipinski definition) is 6. The number of pyridine rings is 1. The van der Waals surface area contributed by atoms with Gasteiger partial charge in [-0.2, -0.15) is 0 Å². The molecule has 1 fully saturated rings. The summed E-state index contributed by atoms with van der Waals surface area (Å²) in [6.07, 6.45) is 8.91. The molecule has 1 saturated carbocycles. The Labute approximate surface area is 158 Å². The van der Waals surface area contributed by atoms with Crippen LogP contribution in [0.4, 0.5) is 5.95 Å². The molecule has 3 aromatic rings. The summed E-state index contributed by atoms with van der Waals surface area (Å²) in [6, 6.07) is 11.5. The summed E-state index contributed by atoms with van der Waals surface area (Å²) in [4.78, 5) is 17.6. The van der Waals surface area contributed by atoms with Crippen LogP contribution in [-0.2, 0) is 6.61 Å². The van der Waals surface area contributed by atoms with Crippen LogP contribution in [0.15, 0.2) is 53.8 Å². The van der Waals surface area contributed by atoms with E-state index in [-0.39, 0.29) is 6.10 Å². The lowest BCUT2D eigenvalue weighted by molar-refractivity contribution is 0.121. The van der Waals surface area contributed by atoms with E-state index in [0.29, 0.717) is 18.5 Å². The molecule has 2 aromatic heterocycles. The van der Waals surface area contributed by atoms with Crippen molar-refractivity contribution in [1.82, 2.24) is 15.0 Å². The first-order valence-electron chi connectivity index (χ1n) is 9.28. The van der Waals surface area contributed by atoms with Gasteiger partial charge in [-0.25, -0.2) is 15.0 Å². The topological polar surface area (TPSA) is 80.5 Å². The lowest BCUT2D eigenvalue weighted by Crippen LogP contribution is -2.18. The molecular weight excluding hydrogens is 340 g/mol. The molecule has 2 heterocycles. The van der Waals surface area contributed by atoms with Crippen molar-refractivity contribution in [2.75, 3.05) is 0 Å². The van der Waals surface area contributed by atoms with E-state index in [1.807, 2.05) is 42.6 Å². The van der Waals surface area contributed by atoms with Gasteiger partial charge in [-0.3, -0.25) is 4.98 Å². The number of nitrogens with zero attached hydrogens (tertiary/aromatic N) is 4. The number of fused-ring (bicyclic) bond motifs is 1. The number of ether oxygens (including phenoxy) is 1. The van der Waals surface area contributed by atoms with Gasteiger partial charge in [0.05, 0.1) is 17.3 Å². The maximum absolute atomic E-state index is 9.59. The van der Waals surface area contributed by atoms with Gasteiger partial charge >= 0.3 is 0 Å². The van der Waals surface area contributed by atoms with Crippen molar-refractivity contribution < 1.29 is 9.84 Å². The number of aliphatic imine (C=N–C) groups is 1. The summed E-state index contributed by atoms with van der Waals surface area (Å²) in [5.74, 6) is 1.58. The first kappa shape index (κ1) is 17.5. The molecule has 1 aromatic carbocycles. The molecule has 27 heavy (non-hydrogen) atoms. The van der Waals surface area contributed by atoms with Crippen molar-refractivity contribution in [3.63, 3.8) is 0 Å². The van der Waals surface area contributed by atoms with Gasteiger partial charge in [0.1, 0.15) is 12.4 Å². The zero-order chi connectivity index (χ0) is 18.5. The Morgan fingerprint density at radius 1 is 1.11 bits per heavy atom. The highest BCUT2D eigenvalue weighted by Crippen LogP contribution is 2.24. The molecule has 0 amide bonds. The standard InChI is InChI=1S/C21H22N4O2/c26-18-7-4-15(5-8-18)12-23-21-24-13-16-6-9-19(11-20(16)25-21)27-14-17-3-1-2-10-22-17/h1-3,6,9-13,15,18,26H,4-5,7-8,14H2. The SMILES string of the molecule is OC1CCC(C=Nc2ncc3ccc(OCc4ccccn4)cc3n2)CC1. The summed E-state index contributed by atoms with van der Waals surface area (Å²) >= 11 is 0. The van der Waals surface area contributed by atoms with Gasteiger partial charge < -0.3 is 9.84 Å². The molecule has 1 N–H and O–H groups in total. The molecule has 0 spiro atoms. The first-order chi connectivity index (χ1) is 13.3. The fraction of sp³-hybridized carbons (Fsp3) is 0.333. The number of rotatable bonds is 5. The van der Waals surface area contributed by atoms with E-state index in [1.165, 1.54) is 0 Å². The number of aliphatic hydroxyl groups excluding tert-OH is 1. The van der Waals surface area contributed by atoms with Crippen LogP contribution in [-0.4, -0.2) is 32.4 Å². The van der Waals surface area contributed by atoms with E-state index in [4.69, 9.17) is 4.74 Å². The normalized spacial score (nSPS) is 20.2. The van der Waals surface area contributed by atoms with Crippen molar-refractivity contribution in [2.45, 2.75) is 38.4 Å². The largest absolute Gasteiger partial charge is 0.487 e. The van der Waals surface area contributed by atoms with E-state index < -0.39 is 0 Å². The monoisotopic (exact) mass is 362 g/mol. The Kier molecular flexibility index (Phi) is 5.34. The molecule has 0 aliphatic heterocycles. The summed E-state index contributed by atoms with van der Waals surface area (Å²) in [5.41, 5.74) is 1.68. The van der Waals surface area contributed by atoms with Crippen LogP contribution in [0.25, 0.3) is 10.9 Å². The third-order valence-electron chi connectivity index (χ3n) is 4.80. The lowest BCUT2D eigenvalue weighted by atomic mass is 9.88. The zero-order valence-electron chi connectivity index (χ0n) is 15.0. The van der Waals surface area contributed by atoms with Crippen LogP contribution in [0.5, 0.6) is 5.75 Å². The highest BCUT2D eigenvalue weighted by molar-refractivity contribution is 5.80. The minimum absolute atomic E-state index is 0.156.